The average molecular weight is 499 g/mol. The predicted octanol–water partition coefficient (Wildman–Crippen LogP) is 4.48. The number of nitrogens with zero attached hydrogens (tertiary/aromatic N) is 2. The van der Waals surface area contributed by atoms with Gasteiger partial charge in [-0.05, 0) is 58.8 Å². The second-order valence-electron chi connectivity index (χ2n) is 6.38. The fraction of sp³-hybridized carbons (Fsp3) is 0.136. The number of para-hydroxylation sites is 1. The molecule has 4 aromatic rings. The molecule has 0 saturated carbocycles. The molecule has 4 rings (SSSR count). The number of nitrogens with one attached hydrogen (secondary N) is 1. The summed E-state index contributed by atoms with van der Waals surface area (Å²) >= 11 is 2.18. The molecule has 0 radical (unpaired) electrons. The molecule has 0 bridgehead atoms. The standard InChI is InChI=1S/C22H18IN3O3/c1-28-18-8-7-16(12-17(18)23)21-20(26-13-29-21)22(27)25-11-9-15-5-2-4-14-6-3-10-24-19(14)15/h2-8,10,12-13H,9,11H2,1H3,(H,25,27). The number of halogens is 1. The van der Waals surface area contributed by atoms with Gasteiger partial charge in [0.05, 0.1) is 16.2 Å². The van der Waals surface area contributed by atoms with Crippen LogP contribution in [-0.4, -0.2) is 29.5 Å². The molecule has 29 heavy (non-hydrogen) atoms. The van der Waals surface area contributed by atoms with E-state index in [9.17, 15) is 4.79 Å². The summed E-state index contributed by atoms with van der Waals surface area (Å²) in [6, 6.07) is 15.6. The Kier molecular flexibility index (Phi) is 5.75. The lowest BCUT2D eigenvalue weighted by Crippen LogP contribution is -2.26. The van der Waals surface area contributed by atoms with Crippen molar-refractivity contribution in [2.45, 2.75) is 6.42 Å². The fourth-order valence-electron chi connectivity index (χ4n) is 3.18. The van der Waals surface area contributed by atoms with Crippen molar-refractivity contribution in [3.05, 3.63) is 75.9 Å². The van der Waals surface area contributed by atoms with Gasteiger partial charge in [0.15, 0.2) is 17.8 Å². The first-order valence-corrected chi connectivity index (χ1v) is 10.1. The van der Waals surface area contributed by atoms with Gasteiger partial charge >= 0.3 is 0 Å². The fourth-order valence-corrected chi connectivity index (χ4v) is 3.92. The minimum atomic E-state index is -0.271. The lowest BCUT2D eigenvalue weighted by molar-refractivity contribution is 0.0950. The van der Waals surface area contributed by atoms with E-state index in [-0.39, 0.29) is 11.6 Å². The number of benzene rings is 2. The number of hydrogen-bond acceptors (Lipinski definition) is 5. The van der Waals surface area contributed by atoms with E-state index in [0.717, 1.165) is 31.3 Å². The Morgan fingerprint density at radius 2 is 2.03 bits per heavy atom. The maximum absolute atomic E-state index is 12.7. The number of aromatic nitrogens is 2. The number of hydrogen-bond donors (Lipinski definition) is 1. The Labute approximate surface area is 181 Å². The summed E-state index contributed by atoms with van der Waals surface area (Å²) in [5, 5.41) is 4.02. The van der Waals surface area contributed by atoms with Crippen LogP contribution in [-0.2, 0) is 6.42 Å². The highest BCUT2D eigenvalue weighted by atomic mass is 127. The topological polar surface area (TPSA) is 77.2 Å². The highest BCUT2D eigenvalue weighted by molar-refractivity contribution is 14.1. The van der Waals surface area contributed by atoms with Gasteiger partial charge in [-0.3, -0.25) is 9.78 Å². The van der Waals surface area contributed by atoms with Crippen molar-refractivity contribution < 1.29 is 13.9 Å². The molecule has 7 heteroatoms. The quantitative estimate of drug-likeness (QED) is 0.396. The van der Waals surface area contributed by atoms with Crippen molar-refractivity contribution in [3.8, 4) is 17.1 Å². The van der Waals surface area contributed by atoms with Gasteiger partial charge in [0.2, 0.25) is 0 Å². The van der Waals surface area contributed by atoms with Crippen molar-refractivity contribution in [1.82, 2.24) is 15.3 Å². The molecule has 6 nitrogen and oxygen atoms in total. The molecule has 0 unspecified atom stereocenters. The number of oxazole rings is 1. The van der Waals surface area contributed by atoms with E-state index >= 15 is 0 Å². The molecule has 0 spiro atoms. The van der Waals surface area contributed by atoms with Crippen LogP contribution in [0.4, 0.5) is 0 Å². The Morgan fingerprint density at radius 3 is 2.86 bits per heavy atom. The van der Waals surface area contributed by atoms with Crippen molar-refractivity contribution in [2.24, 2.45) is 0 Å². The SMILES string of the molecule is COc1ccc(-c2ocnc2C(=O)NCCc2cccc3cccnc23)cc1I. The number of carbonyl (C=O) groups is 1. The third-order valence-electron chi connectivity index (χ3n) is 4.59. The van der Waals surface area contributed by atoms with Crippen LogP contribution in [0.25, 0.3) is 22.2 Å². The van der Waals surface area contributed by atoms with Crippen molar-refractivity contribution in [2.75, 3.05) is 13.7 Å². The maximum atomic E-state index is 12.7. The maximum Gasteiger partial charge on any atom is 0.273 e. The molecule has 0 saturated heterocycles. The van der Waals surface area contributed by atoms with Gasteiger partial charge in [-0.2, -0.15) is 0 Å². The highest BCUT2D eigenvalue weighted by Gasteiger charge is 2.19. The van der Waals surface area contributed by atoms with Crippen molar-refractivity contribution >= 4 is 39.4 Å². The van der Waals surface area contributed by atoms with E-state index in [0.29, 0.717) is 18.7 Å². The third kappa shape index (κ3) is 4.09. The smallest absolute Gasteiger partial charge is 0.273 e. The minimum absolute atomic E-state index is 0.266. The number of amides is 1. The zero-order valence-corrected chi connectivity index (χ0v) is 17.8. The van der Waals surface area contributed by atoms with Gasteiger partial charge in [-0.25, -0.2) is 4.98 Å². The summed E-state index contributed by atoms with van der Waals surface area (Å²) in [5.41, 5.74) is 3.09. The molecule has 1 N–H and O–H groups in total. The molecule has 146 valence electrons. The van der Waals surface area contributed by atoms with Gasteiger partial charge in [0.1, 0.15) is 5.75 Å². The van der Waals surface area contributed by atoms with Gasteiger partial charge in [0.25, 0.3) is 5.91 Å². The second kappa shape index (κ2) is 8.60. The zero-order chi connectivity index (χ0) is 20.2. The summed E-state index contributed by atoms with van der Waals surface area (Å²) in [7, 11) is 1.62. The Balaban J connectivity index is 1.47. The van der Waals surface area contributed by atoms with Crippen LogP contribution in [0.2, 0.25) is 0 Å². The van der Waals surface area contributed by atoms with E-state index in [1.54, 1.807) is 13.3 Å². The molecule has 0 aliphatic heterocycles. The number of rotatable bonds is 6. The Hall–Kier alpha value is -2.94. The van der Waals surface area contributed by atoms with E-state index in [4.69, 9.17) is 9.15 Å². The summed E-state index contributed by atoms with van der Waals surface area (Å²) in [6.07, 6.45) is 3.74. The Bertz CT molecular complexity index is 1170. The zero-order valence-electron chi connectivity index (χ0n) is 15.7. The van der Waals surface area contributed by atoms with Crippen LogP contribution in [0, 0.1) is 3.57 Å². The molecular formula is C22H18IN3O3. The molecule has 2 heterocycles. The van der Waals surface area contributed by atoms with Crippen LogP contribution in [0.5, 0.6) is 5.75 Å². The molecule has 2 aromatic heterocycles. The first-order valence-electron chi connectivity index (χ1n) is 9.05. The summed E-state index contributed by atoms with van der Waals surface area (Å²) in [5.74, 6) is 0.936. The number of methoxy groups -OCH3 is 1. The van der Waals surface area contributed by atoms with Crippen molar-refractivity contribution in [3.63, 3.8) is 0 Å². The van der Waals surface area contributed by atoms with E-state index in [2.05, 4.69) is 37.9 Å². The minimum Gasteiger partial charge on any atom is -0.496 e. The number of ether oxygens (including phenoxy) is 1. The monoisotopic (exact) mass is 499 g/mol. The first kappa shape index (κ1) is 19.4. The van der Waals surface area contributed by atoms with Crippen LogP contribution in [0.15, 0.2) is 65.5 Å². The van der Waals surface area contributed by atoms with E-state index < -0.39 is 0 Å². The molecule has 1 amide bonds. The molecule has 0 aliphatic rings. The molecule has 0 aliphatic carbocycles. The van der Waals surface area contributed by atoms with Crippen LogP contribution < -0.4 is 10.1 Å². The average Bonchev–Trinajstić information content (AvgIpc) is 3.24. The molecule has 2 aromatic carbocycles. The number of pyridine rings is 1. The number of fused-ring (bicyclic) bond motifs is 1. The molecular weight excluding hydrogens is 481 g/mol. The van der Waals surface area contributed by atoms with Crippen LogP contribution in [0.1, 0.15) is 16.1 Å². The van der Waals surface area contributed by atoms with Gasteiger partial charge in [-0.15, -0.1) is 0 Å². The second-order valence-corrected chi connectivity index (χ2v) is 7.54. The van der Waals surface area contributed by atoms with Crippen molar-refractivity contribution in [1.29, 1.82) is 0 Å². The van der Waals surface area contributed by atoms with E-state index in [1.807, 2.05) is 48.5 Å². The normalized spacial score (nSPS) is 10.8. The summed E-state index contributed by atoms with van der Waals surface area (Å²) in [4.78, 5) is 21.3. The lowest BCUT2D eigenvalue weighted by Gasteiger charge is -2.08. The summed E-state index contributed by atoms with van der Waals surface area (Å²) in [6.45, 7) is 0.473. The number of carbonyl (C=O) groups excluding carboxylic acids is 1. The summed E-state index contributed by atoms with van der Waals surface area (Å²) < 4.78 is 11.7. The molecule has 0 atom stereocenters. The van der Waals surface area contributed by atoms with Gasteiger partial charge in [-0.1, -0.05) is 24.3 Å². The molecule has 0 fully saturated rings. The van der Waals surface area contributed by atoms with Crippen LogP contribution >= 0.6 is 22.6 Å². The third-order valence-corrected chi connectivity index (χ3v) is 5.44. The predicted molar refractivity (Wildman–Crippen MR) is 119 cm³/mol. The highest BCUT2D eigenvalue weighted by Crippen LogP contribution is 2.29. The van der Waals surface area contributed by atoms with Gasteiger partial charge in [0, 0.05) is 23.7 Å². The Morgan fingerprint density at radius 1 is 1.17 bits per heavy atom. The lowest BCUT2D eigenvalue weighted by atomic mass is 10.1. The largest absolute Gasteiger partial charge is 0.496 e. The van der Waals surface area contributed by atoms with Crippen LogP contribution in [0.3, 0.4) is 0 Å². The van der Waals surface area contributed by atoms with E-state index in [1.165, 1.54) is 6.39 Å². The first-order chi connectivity index (χ1) is 14.2. The van der Waals surface area contributed by atoms with Gasteiger partial charge < -0.3 is 14.5 Å².